The van der Waals surface area contributed by atoms with Crippen molar-refractivity contribution in [3.8, 4) is 0 Å². The summed E-state index contributed by atoms with van der Waals surface area (Å²) in [4.78, 5) is 30.6. The summed E-state index contributed by atoms with van der Waals surface area (Å²) in [5.41, 5.74) is 1.35. The van der Waals surface area contributed by atoms with Crippen molar-refractivity contribution in [3.63, 3.8) is 0 Å². The van der Waals surface area contributed by atoms with Gasteiger partial charge in [0, 0.05) is 24.1 Å². The Morgan fingerprint density at radius 1 is 0.864 bits per heavy atom. The molecule has 22 heavy (non-hydrogen) atoms. The van der Waals surface area contributed by atoms with Crippen LogP contribution in [0.25, 0.3) is 0 Å². The maximum Gasteiger partial charge on any atom is 0.263 e. The zero-order valence-electron chi connectivity index (χ0n) is 10.7. The van der Waals surface area contributed by atoms with E-state index in [2.05, 4.69) is 68.7 Å². The van der Waals surface area contributed by atoms with Crippen molar-refractivity contribution in [3.05, 3.63) is 59.1 Å². The average molecular weight is 554 g/mol. The molecular formula is C14H6Br4N2O2. The highest BCUT2D eigenvalue weighted by Crippen LogP contribution is 2.45. The topological polar surface area (TPSA) is 50.3 Å². The molecule has 1 aliphatic heterocycles. The number of amides is 2. The lowest BCUT2D eigenvalue weighted by molar-refractivity contribution is 0.0640. The molecule has 0 saturated carbocycles. The number of halogens is 4. The van der Waals surface area contributed by atoms with Crippen LogP contribution in [-0.2, 0) is 6.54 Å². The van der Waals surface area contributed by atoms with Crippen molar-refractivity contribution in [1.82, 2.24) is 9.88 Å². The molecule has 1 aliphatic rings. The van der Waals surface area contributed by atoms with Crippen molar-refractivity contribution < 1.29 is 9.59 Å². The van der Waals surface area contributed by atoms with Gasteiger partial charge in [0.25, 0.3) is 11.8 Å². The number of carbonyl (C=O) groups is 2. The largest absolute Gasteiger partial charge is 0.269 e. The second-order valence-corrected chi connectivity index (χ2v) is 7.70. The van der Waals surface area contributed by atoms with E-state index in [9.17, 15) is 9.59 Å². The van der Waals surface area contributed by atoms with E-state index in [1.165, 1.54) is 4.90 Å². The van der Waals surface area contributed by atoms with Crippen LogP contribution in [0.1, 0.15) is 26.4 Å². The molecule has 0 atom stereocenters. The predicted molar refractivity (Wildman–Crippen MR) is 95.7 cm³/mol. The fourth-order valence-electron chi connectivity index (χ4n) is 2.19. The Bertz CT molecular complexity index is 761. The number of benzene rings is 1. The van der Waals surface area contributed by atoms with Gasteiger partial charge in [0.2, 0.25) is 0 Å². The molecular weight excluding hydrogens is 548 g/mol. The summed E-state index contributed by atoms with van der Waals surface area (Å²) in [6, 6.07) is 5.38. The van der Waals surface area contributed by atoms with Crippen LogP contribution < -0.4 is 0 Å². The molecule has 0 N–H and O–H groups in total. The molecule has 0 saturated heterocycles. The number of pyridine rings is 1. The maximum atomic E-state index is 12.6. The molecule has 8 heteroatoms. The Kier molecular flexibility index (Phi) is 4.55. The van der Waals surface area contributed by atoms with Crippen molar-refractivity contribution >= 4 is 75.5 Å². The summed E-state index contributed by atoms with van der Waals surface area (Å²) in [5.74, 6) is -0.683. The van der Waals surface area contributed by atoms with Gasteiger partial charge in [0.05, 0.1) is 23.4 Å². The zero-order chi connectivity index (χ0) is 16.0. The monoisotopic (exact) mass is 550 g/mol. The Morgan fingerprint density at radius 3 is 1.86 bits per heavy atom. The van der Waals surface area contributed by atoms with Crippen LogP contribution in [0.15, 0.2) is 42.3 Å². The minimum absolute atomic E-state index is 0.140. The van der Waals surface area contributed by atoms with Gasteiger partial charge in [-0.15, -0.1) is 0 Å². The summed E-state index contributed by atoms with van der Waals surface area (Å²) < 4.78 is 2.47. The van der Waals surface area contributed by atoms with Crippen LogP contribution in [0.2, 0.25) is 0 Å². The number of fused-ring (bicyclic) bond motifs is 1. The van der Waals surface area contributed by atoms with Crippen LogP contribution in [0, 0.1) is 0 Å². The lowest BCUT2D eigenvalue weighted by Crippen LogP contribution is -2.29. The number of hydrogen-bond donors (Lipinski definition) is 0. The molecule has 1 aromatic heterocycles. The minimum Gasteiger partial charge on any atom is -0.269 e. The Balaban J connectivity index is 2.10. The second-order valence-electron chi connectivity index (χ2n) is 4.52. The van der Waals surface area contributed by atoms with Crippen LogP contribution >= 0.6 is 63.7 Å². The van der Waals surface area contributed by atoms with E-state index >= 15 is 0 Å². The Morgan fingerprint density at radius 2 is 1.41 bits per heavy atom. The smallest absolute Gasteiger partial charge is 0.263 e. The van der Waals surface area contributed by atoms with Crippen LogP contribution in [0.4, 0.5) is 0 Å². The number of imide groups is 1. The van der Waals surface area contributed by atoms with Gasteiger partial charge in [-0.2, -0.15) is 0 Å². The second kappa shape index (κ2) is 6.14. The summed E-state index contributed by atoms with van der Waals surface area (Å²) in [6.07, 6.45) is 1.63. The van der Waals surface area contributed by atoms with Gasteiger partial charge >= 0.3 is 0 Å². The molecule has 112 valence electrons. The van der Waals surface area contributed by atoms with Gasteiger partial charge in [-0.3, -0.25) is 19.5 Å². The van der Waals surface area contributed by atoms with E-state index in [4.69, 9.17) is 0 Å². The standard InChI is InChI=1S/C14H6Br4N2O2/c15-9-7-8(10(16)12(18)11(9)17)14(22)20(13(7)21)5-6-3-1-2-4-19-6/h1-4H,5H2. The number of hydrogen-bond acceptors (Lipinski definition) is 3. The van der Waals surface area contributed by atoms with E-state index in [1.807, 2.05) is 6.07 Å². The van der Waals surface area contributed by atoms with Crippen LogP contribution in [-0.4, -0.2) is 21.7 Å². The first-order valence-electron chi connectivity index (χ1n) is 6.05. The van der Waals surface area contributed by atoms with E-state index in [0.29, 0.717) is 34.7 Å². The molecule has 2 aromatic rings. The molecule has 1 aromatic carbocycles. The fraction of sp³-hybridized carbons (Fsp3) is 0.0714. The fourth-order valence-corrected chi connectivity index (χ4v) is 4.65. The average Bonchev–Trinajstić information content (AvgIpc) is 2.76. The van der Waals surface area contributed by atoms with Gasteiger partial charge in [-0.1, -0.05) is 6.07 Å². The first kappa shape index (κ1) is 16.3. The maximum absolute atomic E-state index is 12.6. The van der Waals surface area contributed by atoms with E-state index < -0.39 is 0 Å². The molecule has 4 nitrogen and oxygen atoms in total. The summed E-state index contributed by atoms with van der Waals surface area (Å²) in [7, 11) is 0. The molecule has 2 heterocycles. The third-order valence-corrected chi connectivity index (χ3v) is 8.00. The third kappa shape index (κ3) is 2.50. The quantitative estimate of drug-likeness (QED) is 0.301. The van der Waals surface area contributed by atoms with Gasteiger partial charge in [-0.05, 0) is 75.9 Å². The van der Waals surface area contributed by atoms with E-state index in [0.717, 1.165) is 0 Å². The van der Waals surface area contributed by atoms with Crippen LogP contribution in [0.3, 0.4) is 0 Å². The molecule has 2 amide bonds. The molecule has 0 radical (unpaired) electrons. The number of nitrogens with zero attached hydrogens (tertiary/aromatic N) is 2. The van der Waals surface area contributed by atoms with Crippen molar-refractivity contribution in [1.29, 1.82) is 0 Å². The van der Waals surface area contributed by atoms with Gasteiger partial charge in [0.15, 0.2) is 0 Å². The Hall–Kier alpha value is -0.570. The minimum atomic E-state index is -0.341. The molecule has 0 bridgehead atoms. The third-order valence-electron chi connectivity index (χ3n) is 3.23. The molecule has 0 unspecified atom stereocenters. The van der Waals surface area contributed by atoms with Gasteiger partial charge in [0.1, 0.15) is 0 Å². The summed E-state index contributed by atoms with van der Waals surface area (Å²) in [5, 5.41) is 0. The highest BCUT2D eigenvalue weighted by molar-refractivity contribution is 9.15. The first-order valence-corrected chi connectivity index (χ1v) is 9.22. The summed E-state index contributed by atoms with van der Waals surface area (Å²) >= 11 is 13.6. The van der Waals surface area contributed by atoms with Gasteiger partial charge in [-0.25, -0.2) is 0 Å². The summed E-state index contributed by atoms with van der Waals surface area (Å²) in [6.45, 7) is 0.140. The highest BCUT2D eigenvalue weighted by atomic mass is 79.9. The molecule has 0 spiro atoms. The number of carbonyl (C=O) groups excluding carboxylic acids is 2. The van der Waals surface area contributed by atoms with Crippen molar-refractivity contribution in [2.24, 2.45) is 0 Å². The van der Waals surface area contributed by atoms with Crippen molar-refractivity contribution in [2.75, 3.05) is 0 Å². The lowest BCUT2D eigenvalue weighted by atomic mass is 10.1. The Labute approximate surface area is 159 Å². The predicted octanol–water partition coefficient (Wildman–Crippen LogP) is 4.93. The zero-order valence-corrected chi connectivity index (χ0v) is 17.1. The normalized spacial score (nSPS) is 13.7. The van der Waals surface area contributed by atoms with E-state index in [-0.39, 0.29) is 18.4 Å². The molecule has 3 rings (SSSR count). The highest BCUT2D eigenvalue weighted by Gasteiger charge is 2.41. The van der Waals surface area contributed by atoms with E-state index in [1.54, 1.807) is 18.3 Å². The molecule has 0 aliphatic carbocycles. The SMILES string of the molecule is O=C1c2c(Br)c(Br)c(Br)c(Br)c2C(=O)N1Cc1ccccn1. The molecule has 0 fully saturated rings. The number of rotatable bonds is 2. The number of aromatic nitrogens is 1. The van der Waals surface area contributed by atoms with Crippen LogP contribution in [0.5, 0.6) is 0 Å². The first-order chi connectivity index (χ1) is 10.4. The van der Waals surface area contributed by atoms with Gasteiger partial charge < -0.3 is 0 Å². The van der Waals surface area contributed by atoms with Crippen molar-refractivity contribution in [2.45, 2.75) is 6.54 Å². The lowest BCUT2D eigenvalue weighted by Gasteiger charge is -2.12.